The lowest BCUT2D eigenvalue weighted by Crippen LogP contribution is -2.41. The minimum atomic E-state index is 0.469. The van der Waals surface area contributed by atoms with Gasteiger partial charge in [-0.2, -0.15) is 4.98 Å². The quantitative estimate of drug-likeness (QED) is 0.875. The first-order valence-corrected chi connectivity index (χ1v) is 7.33. The zero-order valence-electron chi connectivity index (χ0n) is 11.7. The van der Waals surface area contributed by atoms with Crippen LogP contribution in [-0.2, 0) is 6.42 Å². The molecular formula is C15H20N4O. The molecule has 20 heavy (non-hydrogen) atoms. The molecule has 1 N–H and O–H groups in total. The fourth-order valence-corrected chi connectivity index (χ4v) is 2.66. The van der Waals surface area contributed by atoms with Gasteiger partial charge in [-0.3, -0.25) is 4.98 Å². The number of pyridine rings is 1. The first kappa shape index (κ1) is 13.2. The summed E-state index contributed by atoms with van der Waals surface area (Å²) >= 11 is 0. The predicted octanol–water partition coefficient (Wildman–Crippen LogP) is 2.45. The molecule has 0 radical (unpaired) electrons. The van der Waals surface area contributed by atoms with Gasteiger partial charge in [0, 0.05) is 30.4 Å². The second-order valence-electron chi connectivity index (χ2n) is 5.31. The van der Waals surface area contributed by atoms with Crippen LogP contribution in [0, 0.1) is 5.92 Å². The lowest BCUT2D eigenvalue weighted by molar-refractivity contribution is 0.226. The van der Waals surface area contributed by atoms with E-state index in [0.717, 1.165) is 30.3 Å². The zero-order chi connectivity index (χ0) is 13.8. The molecule has 2 aromatic heterocycles. The lowest BCUT2D eigenvalue weighted by atomic mass is 9.78. The summed E-state index contributed by atoms with van der Waals surface area (Å²) in [4.78, 5) is 8.49. The molecule has 0 aromatic carbocycles. The Bertz CT molecular complexity index is 536. The summed E-state index contributed by atoms with van der Waals surface area (Å²) < 4.78 is 5.34. The predicted molar refractivity (Wildman–Crippen MR) is 76.0 cm³/mol. The highest BCUT2D eigenvalue weighted by molar-refractivity contribution is 5.50. The maximum atomic E-state index is 5.34. The average Bonchev–Trinajstić information content (AvgIpc) is 2.87. The van der Waals surface area contributed by atoms with E-state index >= 15 is 0 Å². The molecule has 0 spiro atoms. The number of aromatic nitrogens is 3. The number of rotatable bonds is 6. The Balaban J connectivity index is 1.69. The van der Waals surface area contributed by atoms with Crippen LogP contribution in [0.2, 0.25) is 0 Å². The fourth-order valence-electron chi connectivity index (χ4n) is 2.66. The molecule has 106 valence electrons. The second kappa shape index (κ2) is 6.13. The molecule has 0 aliphatic heterocycles. The Kier molecular flexibility index (Phi) is 4.06. The molecule has 2 heterocycles. The molecule has 0 bridgehead atoms. The summed E-state index contributed by atoms with van der Waals surface area (Å²) in [6, 6.07) is 4.23. The molecule has 1 unspecified atom stereocenters. The monoisotopic (exact) mass is 272 g/mol. The number of nitrogens with one attached hydrogen (secondary N) is 1. The van der Waals surface area contributed by atoms with Crippen LogP contribution in [0.3, 0.4) is 0 Å². The van der Waals surface area contributed by atoms with Gasteiger partial charge in [0.2, 0.25) is 0 Å². The van der Waals surface area contributed by atoms with E-state index < -0.39 is 0 Å². The Hall–Kier alpha value is -1.75. The van der Waals surface area contributed by atoms with E-state index in [0.29, 0.717) is 11.9 Å². The molecule has 1 fully saturated rings. The molecule has 0 saturated heterocycles. The van der Waals surface area contributed by atoms with Crippen LogP contribution in [0.15, 0.2) is 29.0 Å². The van der Waals surface area contributed by atoms with Gasteiger partial charge in [0.25, 0.3) is 5.89 Å². The highest BCUT2D eigenvalue weighted by atomic mass is 16.5. The van der Waals surface area contributed by atoms with Gasteiger partial charge in [0.15, 0.2) is 5.82 Å². The molecule has 5 nitrogen and oxygen atoms in total. The number of hydrogen-bond donors (Lipinski definition) is 1. The van der Waals surface area contributed by atoms with Crippen LogP contribution in [-0.4, -0.2) is 27.7 Å². The van der Waals surface area contributed by atoms with Gasteiger partial charge < -0.3 is 9.84 Å². The SMILES string of the molecule is CCNC(Cc1noc(-c2ccncc2)n1)C1CCC1. The van der Waals surface area contributed by atoms with E-state index in [9.17, 15) is 0 Å². The van der Waals surface area contributed by atoms with Crippen LogP contribution in [0.4, 0.5) is 0 Å². The first-order valence-electron chi connectivity index (χ1n) is 7.33. The maximum Gasteiger partial charge on any atom is 0.258 e. The van der Waals surface area contributed by atoms with E-state index in [1.165, 1.54) is 19.3 Å². The van der Waals surface area contributed by atoms with Gasteiger partial charge in [-0.15, -0.1) is 0 Å². The number of likely N-dealkylation sites (N-methyl/N-ethyl adjacent to an activating group) is 1. The lowest BCUT2D eigenvalue weighted by Gasteiger charge is -2.33. The van der Waals surface area contributed by atoms with Crippen molar-refractivity contribution in [3.05, 3.63) is 30.4 Å². The maximum absolute atomic E-state index is 5.34. The molecule has 0 amide bonds. The van der Waals surface area contributed by atoms with Crippen molar-refractivity contribution >= 4 is 0 Å². The molecule has 5 heteroatoms. The van der Waals surface area contributed by atoms with Gasteiger partial charge >= 0.3 is 0 Å². The number of nitrogens with zero attached hydrogens (tertiary/aromatic N) is 3. The van der Waals surface area contributed by atoms with Crippen LogP contribution in [0.25, 0.3) is 11.5 Å². The molecular weight excluding hydrogens is 252 g/mol. The zero-order valence-corrected chi connectivity index (χ0v) is 11.7. The third-order valence-corrected chi connectivity index (χ3v) is 3.98. The summed E-state index contributed by atoms with van der Waals surface area (Å²) in [5, 5.41) is 7.66. The second-order valence-corrected chi connectivity index (χ2v) is 5.31. The van der Waals surface area contributed by atoms with Crippen molar-refractivity contribution in [2.45, 2.75) is 38.6 Å². The van der Waals surface area contributed by atoms with Crippen molar-refractivity contribution in [1.29, 1.82) is 0 Å². The summed E-state index contributed by atoms with van der Waals surface area (Å²) in [6.07, 6.45) is 8.28. The Morgan fingerprint density at radius 3 is 2.80 bits per heavy atom. The van der Waals surface area contributed by atoms with Crippen molar-refractivity contribution in [2.24, 2.45) is 5.92 Å². The fraction of sp³-hybridized carbons (Fsp3) is 0.533. The summed E-state index contributed by atoms with van der Waals surface area (Å²) in [5.41, 5.74) is 0.919. The Labute approximate surface area is 118 Å². The summed E-state index contributed by atoms with van der Waals surface area (Å²) in [5.74, 6) is 2.12. The van der Waals surface area contributed by atoms with Crippen molar-refractivity contribution in [1.82, 2.24) is 20.4 Å². The van der Waals surface area contributed by atoms with Crippen molar-refractivity contribution < 1.29 is 4.52 Å². The summed E-state index contributed by atoms with van der Waals surface area (Å²) in [7, 11) is 0. The van der Waals surface area contributed by atoms with Crippen molar-refractivity contribution in [2.75, 3.05) is 6.54 Å². The highest BCUT2D eigenvalue weighted by Gasteiger charge is 2.28. The normalized spacial score (nSPS) is 16.9. The number of hydrogen-bond acceptors (Lipinski definition) is 5. The van der Waals surface area contributed by atoms with Gasteiger partial charge in [-0.05, 0) is 37.4 Å². The third-order valence-electron chi connectivity index (χ3n) is 3.98. The van der Waals surface area contributed by atoms with E-state index in [4.69, 9.17) is 4.52 Å². The van der Waals surface area contributed by atoms with E-state index in [2.05, 4.69) is 27.4 Å². The van der Waals surface area contributed by atoms with Crippen LogP contribution in [0.5, 0.6) is 0 Å². The minimum absolute atomic E-state index is 0.469. The molecule has 1 aliphatic rings. The standard InChI is InChI=1S/C15H20N4O/c1-2-17-13(11-4-3-5-11)10-14-18-15(20-19-14)12-6-8-16-9-7-12/h6-9,11,13,17H,2-5,10H2,1H3. The summed E-state index contributed by atoms with van der Waals surface area (Å²) in [6.45, 7) is 3.13. The first-order chi connectivity index (χ1) is 9.86. The van der Waals surface area contributed by atoms with Gasteiger partial charge in [-0.25, -0.2) is 0 Å². The van der Waals surface area contributed by atoms with E-state index in [-0.39, 0.29) is 0 Å². The minimum Gasteiger partial charge on any atom is -0.334 e. The highest BCUT2D eigenvalue weighted by Crippen LogP contribution is 2.31. The topological polar surface area (TPSA) is 63.8 Å². The smallest absolute Gasteiger partial charge is 0.258 e. The van der Waals surface area contributed by atoms with Gasteiger partial charge in [-0.1, -0.05) is 18.5 Å². The van der Waals surface area contributed by atoms with E-state index in [1.54, 1.807) is 12.4 Å². The molecule has 1 saturated carbocycles. The van der Waals surface area contributed by atoms with Crippen LogP contribution >= 0.6 is 0 Å². The average molecular weight is 272 g/mol. The van der Waals surface area contributed by atoms with Crippen molar-refractivity contribution in [3.63, 3.8) is 0 Å². The van der Waals surface area contributed by atoms with Gasteiger partial charge in [0.05, 0.1) is 0 Å². The molecule has 2 aromatic rings. The Morgan fingerprint density at radius 1 is 1.35 bits per heavy atom. The molecule has 1 aliphatic carbocycles. The van der Waals surface area contributed by atoms with E-state index in [1.807, 2.05) is 12.1 Å². The molecule has 3 rings (SSSR count). The molecule has 1 atom stereocenters. The van der Waals surface area contributed by atoms with Crippen molar-refractivity contribution in [3.8, 4) is 11.5 Å². The Morgan fingerprint density at radius 2 is 2.15 bits per heavy atom. The largest absolute Gasteiger partial charge is 0.334 e. The van der Waals surface area contributed by atoms with Crippen LogP contribution in [0.1, 0.15) is 32.0 Å². The third kappa shape index (κ3) is 2.88. The van der Waals surface area contributed by atoms with Crippen LogP contribution < -0.4 is 5.32 Å². The van der Waals surface area contributed by atoms with Gasteiger partial charge in [0.1, 0.15) is 0 Å².